The highest BCUT2D eigenvalue weighted by Gasteiger charge is 2.25. The number of fused-ring (bicyclic) bond motifs is 3. The lowest BCUT2D eigenvalue weighted by Crippen LogP contribution is -2.29. The zero-order chi connectivity index (χ0) is 25.4. The van der Waals surface area contributed by atoms with Crippen LogP contribution >= 0.6 is 11.8 Å². The van der Waals surface area contributed by atoms with Gasteiger partial charge in [-0.3, -0.25) is 14.4 Å². The molecule has 2 amide bonds. The summed E-state index contributed by atoms with van der Waals surface area (Å²) >= 11 is 1.04. The molecule has 0 N–H and O–H groups in total. The van der Waals surface area contributed by atoms with Crippen molar-refractivity contribution in [2.75, 3.05) is 4.90 Å². The Bertz CT molecular complexity index is 1620. The number of rotatable bonds is 5. The Hall–Kier alpha value is -4.56. The Kier molecular flexibility index (Phi) is 5.95. The SMILES string of the molecule is C=C(F)C(=O)Oc1ccc2c(ccc3cc(C(=O)Sc4ccc(N5C(=O)C=CC5=O)cc4)ccc32)c1. The first-order valence-electron chi connectivity index (χ1n) is 10.7. The van der Waals surface area contributed by atoms with Gasteiger partial charge in [-0.2, -0.15) is 4.39 Å². The van der Waals surface area contributed by atoms with E-state index in [-0.39, 0.29) is 10.9 Å². The molecule has 1 heterocycles. The molecule has 0 aliphatic carbocycles. The van der Waals surface area contributed by atoms with Crippen LogP contribution in [0.25, 0.3) is 21.5 Å². The number of hydrogen-bond donors (Lipinski definition) is 0. The fourth-order valence-corrected chi connectivity index (χ4v) is 4.62. The highest BCUT2D eigenvalue weighted by molar-refractivity contribution is 8.14. The predicted octanol–water partition coefficient (Wildman–Crippen LogP) is 5.74. The second-order valence-electron chi connectivity index (χ2n) is 7.91. The van der Waals surface area contributed by atoms with Crippen LogP contribution in [0.3, 0.4) is 0 Å². The van der Waals surface area contributed by atoms with E-state index in [0.717, 1.165) is 38.2 Å². The number of carbonyl (C=O) groups excluding carboxylic acids is 4. The zero-order valence-corrected chi connectivity index (χ0v) is 19.4. The zero-order valence-electron chi connectivity index (χ0n) is 18.6. The van der Waals surface area contributed by atoms with Crippen molar-refractivity contribution in [3.05, 3.63) is 103 Å². The summed E-state index contributed by atoms with van der Waals surface area (Å²) in [6, 6.07) is 20.7. The number of thioether (sulfide) groups is 1. The van der Waals surface area contributed by atoms with Crippen LogP contribution in [0, 0.1) is 0 Å². The van der Waals surface area contributed by atoms with Gasteiger partial charge in [-0.1, -0.05) is 30.8 Å². The quantitative estimate of drug-likeness (QED) is 0.0873. The molecule has 0 fully saturated rings. The average Bonchev–Trinajstić information content (AvgIpc) is 3.21. The van der Waals surface area contributed by atoms with Crippen LogP contribution in [0.4, 0.5) is 10.1 Å². The molecule has 0 atom stereocenters. The molecule has 1 aliphatic heterocycles. The van der Waals surface area contributed by atoms with Crippen molar-refractivity contribution in [3.8, 4) is 5.75 Å². The third-order valence-corrected chi connectivity index (χ3v) is 6.52. The molecule has 0 spiro atoms. The van der Waals surface area contributed by atoms with E-state index in [2.05, 4.69) is 6.58 Å². The number of ether oxygens (including phenoxy) is 1. The second kappa shape index (κ2) is 9.24. The summed E-state index contributed by atoms with van der Waals surface area (Å²) in [5.74, 6) is -2.91. The predicted molar refractivity (Wildman–Crippen MR) is 136 cm³/mol. The summed E-state index contributed by atoms with van der Waals surface area (Å²) in [5.41, 5.74) is 0.953. The maximum atomic E-state index is 12.9. The number of nitrogens with zero attached hydrogens (tertiary/aromatic N) is 1. The van der Waals surface area contributed by atoms with E-state index in [0.29, 0.717) is 16.1 Å². The largest absolute Gasteiger partial charge is 0.421 e. The van der Waals surface area contributed by atoms with Gasteiger partial charge in [0.05, 0.1) is 5.69 Å². The average molecular weight is 498 g/mol. The smallest absolute Gasteiger partial charge is 0.371 e. The first-order valence-corrected chi connectivity index (χ1v) is 11.5. The van der Waals surface area contributed by atoms with Gasteiger partial charge in [0.1, 0.15) is 5.75 Å². The van der Waals surface area contributed by atoms with Gasteiger partial charge in [0.2, 0.25) is 10.9 Å². The molecular weight excluding hydrogens is 481 g/mol. The Labute approximate surface area is 208 Å². The highest BCUT2D eigenvalue weighted by atomic mass is 32.2. The van der Waals surface area contributed by atoms with Crippen LogP contribution in [0.2, 0.25) is 0 Å². The highest BCUT2D eigenvalue weighted by Crippen LogP contribution is 2.32. The van der Waals surface area contributed by atoms with Crippen molar-refractivity contribution in [2.45, 2.75) is 4.90 Å². The minimum atomic E-state index is -1.17. The Morgan fingerprint density at radius 1 is 0.806 bits per heavy atom. The molecule has 5 rings (SSSR count). The molecule has 4 aromatic carbocycles. The molecule has 0 unspecified atom stereocenters. The van der Waals surface area contributed by atoms with Crippen LogP contribution in [-0.4, -0.2) is 22.9 Å². The van der Waals surface area contributed by atoms with E-state index >= 15 is 0 Å². The number of amides is 2. The van der Waals surface area contributed by atoms with Gasteiger partial charge >= 0.3 is 5.97 Å². The lowest BCUT2D eigenvalue weighted by Gasteiger charge is -2.14. The number of benzene rings is 4. The van der Waals surface area contributed by atoms with Crippen LogP contribution in [0.15, 0.2) is 102 Å². The number of carbonyl (C=O) groups is 4. The van der Waals surface area contributed by atoms with Crippen molar-refractivity contribution in [3.63, 3.8) is 0 Å². The van der Waals surface area contributed by atoms with Gasteiger partial charge < -0.3 is 4.74 Å². The van der Waals surface area contributed by atoms with E-state index in [4.69, 9.17) is 4.74 Å². The van der Waals surface area contributed by atoms with Gasteiger partial charge in [0.15, 0.2) is 0 Å². The van der Waals surface area contributed by atoms with Crippen LogP contribution in [0.5, 0.6) is 5.75 Å². The van der Waals surface area contributed by atoms with Crippen molar-refractivity contribution in [2.24, 2.45) is 0 Å². The van der Waals surface area contributed by atoms with Crippen LogP contribution in [-0.2, 0) is 14.4 Å². The molecule has 0 saturated carbocycles. The summed E-state index contributed by atoms with van der Waals surface area (Å²) in [4.78, 5) is 49.7. The summed E-state index contributed by atoms with van der Waals surface area (Å²) in [7, 11) is 0. The van der Waals surface area contributed by atoms with E-state index in [9.17, 15) is 23.6 Å². The number of imide groups is 1. The molecule has 6 nitrogen and oxygen atoms in total. The van der Waals surface area contributed by atoms with E-state index in [1.54, 1.807) is 54.6 Å². The minimum absolute atomic E-state index is 0.159. The van der Waals surface area contributed by atoms with Gasteiger partial charge in [0.25, 0.3) is 11.8 Å². The summed E-state index contributed by atoms with van der Waals surface area (Å²) in [5, 5.41) is 3.27. The Morgan fingerprint density at radius 3 is 2.06 bits per heavy atom. The van der Waals surface area contributed by atoms with E-state index in [1.807, 2.05) is 18.2 Å². The first kappa shape index (κ1) is 23.2. The minimum Gasteiger partial charge on any atom is -0.421 e. The van der Waals surface area contributed by atoms with E-state index < -0.39 is 23.6 Å². The first-order chi connectivity index (χ1) is 17.3. The molecule has 0 saturated heterocycles. The third kappa shape index (κ3) is 4.42. The molecule has 0 radical (unpaired) electrons. The van der Waals surface area contributed by atoms with Gasteiger partial charge in [-0.15, -0.1) is 0 Å². The normalized spacial score (nSPS) is 13.0. The maximum absolute atomic E-state index is 12.9. The topological polar surface area (TPSA) is 80.8 Å². The van der Waals surface area contributed by atoms with Gasteiger partial charge in [-0.25, -0.2) is 9.69 Å². The molecule has 1 aliphatic rings. The molecule has 4 aromatic rings. The van der Waals surface area contributed by atoms with Gasteiger partial charge in [-0.05, 0) is 81.8 Å². The number of halogens is 1. The monoisotopic (exact) mass is 497 g/mol. The standard InChI is InChI=1S/C28H16FNO5S/c1-16(29)27(33)35-21-7-11-24-18(15-21)3-2-17-14-19(4-10-23(17)24)28(34)36-22-8-5-20(6-9-22)30-25(31)12-13-26(30)32/h2-15H,1H2. The van der Waals surface area contributed by atoms with Crippen LogP contribution < -0.4 is 9.64 Å². The molecule has 176 valence electrons. The van der Waals surface area contributed by atoms with Gasteiger partial charge in [0, 0.05) is 22.6 Å². The fourth-order valence-electron chi connectivity index (χ4n) is 3.89. The Balaban J connectivity index is 1.35. The molecule has 8 heteroatoms. The lowest BCUT2D eigenvalue weighted by molar-refractivity contribution is -0.131. The number of esters is 1. The number of anilines is 1. The summed E-state index contributed by atoms with van der Waals surface area (Å²) < 4.78 is 17.9. The number of hydrogen-bond acceptors (Lipinski definition) is 6. The molecular formula is C28H16FNO5S. The van der Waals surface area contributed by atoms with Crippen molar-refractivity contribution < 1.29 is 28.3 Å². The molecule has 36 heavy (non-hydrogen) atoms. The summed E-state index contributed by atoms with van der Waals surface area (Å²) in [6.45, 7) is 2.93. The van der Waals surface area contributed by atoms with E-state index in [1.165, 1.54) is 12.2 Å². The molecule has 0 bridgehead atoms. The van der Waals surface area contributed by atoms with Crippen molar-refractivity contribution in [1.29, 1.82) is 0 Å². The second-order valence-corrected chi connectivity index (χ2v) is 8.95. The fraction of sp³-hybridized carbons (Fsp3) is 0. The Morgan fingerprint density at radius 2 is 1.42 bits per heavy atom. The lowest BCUT2D eigenvalue weighted by atomic mass is 10.0. The molecule has 0 aromatic heterocycles. The summed E-state index contributed by atoms with van der Waals surface area (Å²) in [6.07, 6.45) is 2.43. The van der Waals surface area contributed by atoms with Crippen molar-refractivity contribution >= 4 is 61.9 Å². The maximum Gasteiger partial charge on any atom is 0.371 e. The van der Waals surface area contributed by atoms with Crippen LogP contribution in [0.1, 0.15) is 10.4 Å². The third-order valence-electron chi connectivity index (χ3n) is 5.59. The van der Waals surface area contributed by atoms with Crippen molar-refractivity contribution in [1.82, 2.24) is 0 Å².